The minimum absolute atomic E-state index is 0.754. The van der Waals surface area contributed by atoms with Gasteiger partial charge in [0.05, 0.1) is 4.21 Å². The third-order valence-electron chi connectivity index (χ3n) is 2.97. The Balaban J connectivity index is 1.79. The molecule has 6 heteroatoms. The van der Waals surface area contributed by atoms with Crippen LogP contribution in [0.2, 0.25) is 0 Å². The molecular weight excluding hydrogens is 300 g/mol. The molecule has 0 saturated carbocycles. The average molecular weight is 310 g/mol. The van der Waals surface area contributed by atoms with E-state index in [1.54, 1.807) is 27.6 Å². The standard InChI is InChI=1S/C15H10N4S2/c1-2-5-11(6-3-1)15-17-16-12-8-9-13(18-19(12)15)21-14-7-4-10-20-14/h1-10H. The molecule has 0 N–H and O–H groups in total. The van der Waals surface area contributed by atoms with Crippen LogP contribution in [-0.4, -0.2) is 19.8 Å². The predicted molar refractivity (Wildman–Crippen MR) is 84.7 cm³/mol. The van der Waals surface area contributed by atoms with E-state index in [0.29, 0.717) is 0 Å². The number of aromatic nitrogens is 4. The van der Waals surface area contributed by atoms with Crippen molar-refractivity contribution in [2.24, 2.45) is 0 Å². The van der Waals surface area contributed by atoms with Gasteiger partial charge >= 0.3 is 0 Å². The van der Waals surface area contributed by atoms with Gasteiger partial charge in [0.15, 0.2) is 11.5 Å². The number of benzene rings is 1. The Morgan fingerprint density at radius 2 is 1.81 bits per heavy atom. The summed E-state index contributed by atoms with van der Waals surface area (Å²) >= 11 is 3.36. The van der Waals surface area contributed by atoms with Gasteiger partial charge in [-0.25, -0.2) is 0 Å². The van der Waals surface area contributed by atoms with E-state index >= 15 is 0 Å². The molecule has 4 nitrogen and oxygen atoms in total. The Morgan fingerprint density at radius 1 is 0.905 bits per heavy atom. The first-order valence-corrected chi connectivity index (χ1v) is 8.09. The Labute approximate surface area is 129 Å². The van der Waals surface area contributed by atoms with E-state index in [2.05, 4.69) is 26.7 Å². The van der Waals surface area contributed by atoms with Crippen LogP contribution in [0.3, 0.4) is 0 Å². The summed E-state index contributed by atoms with van der Waals surface area (Å²) in [6.07, 6.45) is 0. The number of rotatable bonds is 3. The second-order valence-electron chi connectivity index (χ2n) is 4.37. The molecule has 0 amide bonds. The van der Waals surface area contributed by atoms with Gasteiger partial charge in [0.2, 0.25) is 0 Å². The first kappa shape index (κ1) is 12.6. The minimum Gasteiger partial charge on any atom is -0.192 e. The highest BCUT2D eigenvalue weighted by Crippen LogP contribution is 2.30. The zero-order valence-corrected chi connectivity index (χ0v) is 12.5. The van der Waals surface area contributed by atoms with Gasteiger partial charge in [-0.3, -0.25) is 0 Å². The number of nitrogens with zero attached hydrogens (tertiary/aromatic N) is 4. The Bertz CT molecular complexity index is 869. The molecule has 0 fully saturated rings. The van der Waals surface area contributed by atoms with Crippen molar-refractivity contribution in [2.75, 3.05) is 0 Å². The normalized spacial score (nSPS) is 11.0. The molecule has 0 aliphatic heterocycles. The van der Waals surface area contributed by atoms with Crippen molar-refractivity contribution >= 4 is 28.7 Å². The molecule has 21 heavy (non-hydrogen) atoms. The highest BCUT2D eigenvalue weighted by molar-refractivity contribution is 8.01. The molecule has 0 bridgehead atoms. The molecule has 0 aliphatic rings. The average Bonchev–Trinajstić information content (AvgIpc) is 3.17. The van der Waals surface area contributed by atoms with Crippen LogP contribution in [0.15, 0.2) is 69.2 Å². The quantitative estimate of drug-likeness (QED) is 0.573. The number of hydrogen-bond acceptors (Lipinski definition) is 5. The molecule has 4 aromatic rings. The highest BCUT2D eigenvalue weighted by atomic mass is 32.2. The van der Waals surface area contributed by atoms with Gasteiger partial charge in [-0.2, -0.15) is 9.61 Å². The second kappa shape index (κ2) is 5.31. The highest BCUT2D eigenvalue weighted by Gasteiger charge is 2.10. The summed E-state index contributed by atoms with van der Waals surface area (Å²) in [7, 11) is 0. The maximum Gasteiger partial charge on any atom is 0.185 e. The summed E-state index contributed by atoms with van der Waals surface area (Å²) in [4.78, 5) is 0. The summed E-state index contributed by atoms with van der Waals surface area (Å²) in [5.74, 6) is 0.763. The van der Waals surface area contributed by atoms with Crippen LogP contribution in [0.1, 0.15) is 0 Å². The van der Waals surface area contributed by atoms with Gasteiger partial charge in [-0.15, -0.1) is 21.5 Å². The first-order chi connectivity index (χ1) is 10.4. The molecule has 0 saturated heterocycles. The van der Waals surface area contributed by atoms with E-state index in [9.17, 15) is 0 Å². The largest absolute Gasteiger partial charge is 0.192 e. The molecule has 0 unspecified atom stereocenters. The van der Waals surface area contributed by atoms with Crippen LogP contribution in [0.5, 0.6) is 0 Å². The van der Waals surface area contributed by atoms with Crippen molar-refractivity contribution in [2.45, 2.75) is 9.24 Å². The number of hydrogen-bond donors (Lipinski definition) is 0. The summed E-state index contributed by atoms with van der Waals surface area (Å²) < 4.78 is 3.02. The summed E-state index contributed by atoms with van der Waals surface area (Å²) in [6.45, 7) is 0. The van der Waals surface area contributed by atoms with E-state index in [1.165, 1.54) is 4.21 Å². The first-order valence-electron chi connectivity index (χ1n) is 6.39. The van der Waals surface area contributed by atoms with Crippen LogP contribution in [0.25, 0.3) is 17.0 Å². The molecule has 102 valence electrons. The molecule has 4 rings (SSSR count). The van der Waals surface area contributed by atoms with E-state index in [-0.39, 0.29) is 0 Å². The van der Waals surface area contributed by atoms with Gasteiger partial charge in [0.25, 0.3) is 0 Å². The van der Waals surface area contributed by atoms with E-state index < -0.39 is 0 Å². The van der Waals surface area contributed by atoms with Crippen molar-refractivity contribution in [1.82, 2.24) is 19.8 Å². The Kier molecular flexibility index (Phi) is 3.17. The maximum atomic E-state index is 4.65. The Morgan fingerprint density at radius 3 is 2.62 bits per heavy atom. The lowest BCUT2D eigenvalue weighted by molar-refractivity contribution is 0.861. The number of thiophene rings is 1. The third kappa shape index (κ3) is 2.43. The fraction of sp³-hybridized carbons (Fsp3) is 0. The van der Waals surface area contributed by atoms with Crippen LogP contribution < -0.4 is 0 Å². The lowest BCUT2D eigenvalue weighted by Crippen LogP contribution is -1.96. The van der Waals surface area contributed by atoms with E-state index in [1.807, 2.05) is 48.5 Å². The lowest BCUT2D eigenvalue weighted by Gasteiger charge is -2.01. The second-order valence-corrected chi connectivity index (χ2v) is 6.63. The van der Waals surface area contributed by atoms with Gasteiger partial charge in [-0.1, -0.05) is 48.2 Å². The smallest absolute Gasteiger partial charge is 0.185 e. The fourth-order valence-electron chi connectivity index (χ4n) is 2.02. The van der Waals surface area contributed by atoms with Gasteiger partial charge < -0.3 is 0 Å². The van der Waals surface area contributed by atoms with Crippen LogP contribution in [-0.2, 0) is 0 Å². The minimum atomic E-state index is 0.754. The molecule has 3 aromatic heterocycles. The van der Waals surface area contributed by atoms with E-state index in [0.717, 1.165) is 22.1 Å². The SMILES string of the molecule is c1ccc(-c2nnc3ccc(Sc4cccs4)nn23)cc1. The Hall–Kier alpha value is -2.18. The molecule has 0 atom stereocenters. The zero-order chi connectivity index (χ0) is 14.1. The van der Waals surface area contributed by atoms with Gasteiger partial charge in [-0.05, 0) is 23.6 Å². The van der Waals surface area contributed by atoms with Crippen LogP contribution in [0, 0.1) is 0 Å². The zero-order valence-electron chi connectivity index (χ0n) is 10.9. The molecule has 0 radical (unpaired) electrons. The van der Waals surface area contributed by atoms with Crippen molar-refractivity contribution in [1.29, 1.82) is 0 Å². The maximum absolute atomic E-state index is 4.65. The summed E-state index contributed by atoms with van der Waals surface area (Å²) in [5.41, 5.74) is 1.76. The summed E-state index contributed by atoms with van der Waals surface area (Å²) in [5, 5.41) is 16.1. The molecule has 0 spiro atoms. The van der Waals surface area contributed by atoms with Gasteiger partial charge in [0, 0.05) is 5.56 Å². The third-order valence-corrected chi connectivity index (χ3v) is 4.93. The van der Waals surface area contributed by atoms with Crippen molar-refractivity contribution in [3.63, 3.8) is 0 Å². The van der Waals surface area contributed by atoms with Crippen molar-refractivity contribution in [3.05, 3.63) is 60.0 Å². The van der Waals surface area contributed by atoms with Crippen LogP contribution >= 0.6 is 23.1 Å². The lowest BCUT2D eigenvalue weighted by atomic mass is 10.2. The topological polar surface area (TPSA) is 43.1 Å². The fourth-order valence-corrected chi connectivity index (χ4v) is 3.69. The van der Waals surface area contributed by atoms with Crippen LogP contribution in [0.4, 0.5) is 0 Å². The predicted octanol–water partition coefficient (Wildman–Crippen LogP) is 4.00. The van der Waals surface area contributed by atoms with Crippen molar-refractivity contribution < 1.29 is 0 Å². The molecule has 0 aliphatic carbocycles. The summed E-state index contributed by atoms with van der Waals surface area (Å²) in [6, 6.07) is 18.0. The molecule has 1 aromatic carbocycles. The molecular formula is C15H10N4S2. The van der Waals surface area contributed by atoms with Gasteiger partial charge in [0.1, 0.15) is 5.03 Å². The number of fused-ring (bicyclic) bond motifs is 1. The van der Waals surface area contributed by atoms with E-state index in [4.69, 9.17) is 0 Å². The monoisotopic (exact) mass is 310 g/mol. The molecule has 3 heterocycles. The van der Waals surface area contributed by atoms with Crippen molar-refractivity contribution in [3.8, 4) is 11.4 Å².